The van der Waals surface area contributed by atoms with Gasteiger partial charge in [-0.05, 0) is 36.0 Å². The second-order valence-corrected chi connectivity index (χ2v) is 5.93. The number of hydrogen-bond acceptors (Lipinski definition) is 1. The molecule has 0 bridgehead atoms. The molecule has 0 heterocycles. The van der Waals surface area contributed by atoms with Crippen LogP contribution in [-0.2, 0) is 12.7 Å². The van der Waals surface area contributed by atoms with Crippen LogP contribution < -0.4 is 5.32 Å². The molecule has 1 saturated carbocycles. The van der Waals surface area contributed by atoms with E-state index in [0.29, 0.717) is 12.1 Å². The summed E-state index contributed by atoms with van der Waals surface area (Å²) in [6.07, 6.45) is 0.0891. The fourth-order valence-electron chi connectivity index (χ4n) is 2.81. The molecule has 0 spiro atoms. The summed E-state index contributed by atoms with van der Waals surface area (Å²) in [6.45, 7) is 3.31. The molecule has 0 aromatic heterocycles. The monoisotopic (exact) mass is 289 g/mol. The van der Waals surface area contributed by atoms with Crippen molar-refractivity contribution in [3.05, 3.63) is 35.1 Å². The number of alkyl halides is 3. The molecule has 0 amide bonds. The second kappa shape index (κ2) is 5.72. The van der Waals surface area contributed by atoms with Crippen LogP contribution in [0.4, 0.5) is 17.6 Å². The third kappa shape index (κ3) is 3.72. The van der Waals surface area contributed by atoms with Gasteiger partial charge >= 0.3 is 6.18 Å². The Labute approximate surface area is 116 Å². The molecule has 0 atom stereocenters. The largest absolute Gasteiger partial charge is 0.419 e. The standard InChI is InChI=1S/C15H19F4N/c1-14(6-2-3-7-14)10-20-9-11-4-5-13(16)12(8-11)15(17,18)19/h4-5,8,20H,2-3,6-7,9-10H2,1H3. The molecule has 1 aliphatic rings. The van der Waals surface area contributed by atoms with E-state index in [9.17, 15) is 17.6 Å². The first-order valence-corrected chi connectivity index (χ1v) is 6.87. The van der Waals surface area contributed by atoms with Gasteiger partial charge in [-0.2, -0.15) is 13.2 Å². The number of halogens is 4. The Bertz CT molecular complexity index is 461. The topological polar surface area (TPSA) is 12.0 Å². The maximum absolute atomic E-state index is 13.2. The lowest BCUT2D eigenvalue weighted by Crippen LogP contribution is -2.29. The summed E-state index contributed by atoms with van der Waals surface area (Å²) < 4.78 is 50.9. The van der Waals surface area contributed by atoms with Gasteiger partial charge in [0.15, 0.2) is 0 Å². The fraction of sp³-hybridized carbons (Fsp3) is 0.600. The van der Waals surface area contributed by atoms with E-state index in [1.54, 1.807) is 0 Å². The van der Waals surface area contributed by atoms with Crippen molar-refractivity contribution in [3.8, 4) is 0 Å². The van der Waals surface area contributed by atoms with E-state index in [1.807, 2.05) is 0 Å². The van der Waals surface area contributed by atoms with Crippen LogP contribution in [0.3, 0.4) is 0 Å². The van der Waals surface area contributed by atoms with Crippen molar-refractivity contribution in [2.24, 2.45) is 5.41 Å². The van der Waals surface area contributed by atoms with Gasteiger partial charge in [0.2, 0.25) is 0 Å². The Morgan fingerprint density at radius 2 is 1.85 bits per heavy atom. The lowest BCUT2D eigenvalue weighted by molar-refractivity contribution is -0.140. The predicted octanol–water partition coefficient (Wildman–Crippen LogP) is 4.51. The summed E-state index contributed by atoms with van der Waals surface area (Å²) in [5, 5.41) is 3.19. The highest BCUT2D eigenvalue weighted by Crippen LogP contribution is 2.37. The molecule has 112 valence electrons. The number of nitrogens with one attached hydrogen (secondary N) is 1. The van der Waals surface area contributed by atoms with Crippen molar-refractivity contribution in [1.29, 1.82) is 0 Å². The maximum Gasteiger partial charge on any atom is 0.419 e. The van der Waals surface area contributed by atoms with Crippen LogP contribution in [0, 0.1) is 11.2 Å². The lowest BCUT2D eigenvalue weighted by Gasteiger charge is -2.24. The molecule has 1 aliphatic carbocycles. The van der Waals surface area contributed by atoms with Crippen LogP contribution in [0.1, 0.15) is 43.7 Å². The summed E-state index contributed by atoms with van der Waals surface area (Å²) in [6, 6.07) is 3.17. The van der Waals surface area contributed by atoms with E-state index < -0.39 is 17.6 Å². The quantitative estimate of drug-likeness (QED) is 0.804. The first kappa shape index (κ1) is 15.3. The Hall–Kier alpha value is -1.10. The van der Waals surface area contributed by atoms with Crippen molar-refractivity contribution >= 4 is 0 Å². The van der Waals surface area contributed by atoms with Crippen LogP contribution in [-0.4, -0.2) is 6.54 Å². The molecule has 1 aromatic rings. The molecule has 1 nitrogen and oxygen atoms in total. The Kier molecular flexibility index (Phi) is 4.37. The van der Waals surface area contributed by atoms with Gasteiger partial charge in [0, 0.05) is 13.1 Å². The molecule has 0 saturated heterocycles. The molecular weight excluding hydrogens is 270 g/mol. The molecule has 20 heavy (non-hydrogen) atoms. The Morgan fingerprint density at radius 1 is 1.20 bits per heavy atom. The summed E-state index contributed by atoms with van der Waals surface area (Å²) in [4.78, 5) is 0. The molecule has 0 radical (unpaired) electrons. The third-order valence-corrected chi connectivity index (χ3v) is 4.03. The van der Waals surface area contributed by atoms with E-state index in [-0.39, 0.29) is 5.41 Å². The number of rotatable bonds is 4. The SMILES string of the molecule is CC1(CNCc2ccc(F)c(C(F)(F)F)c2)CCCC1. The van der Waals surface area contributed by atoms with Gasteiger partial charge < -0.3 is 5.32 Å². The summed E-state index contributed by atoms with van der Waals surface area (Å²) in [7, 11) is 0. The number of benzene rings is 1. The highest BCUT2D eigenvalue weighted by atomic mass is 19.4. The van der Waals surface area contributed by atoms with Crippen molar-refractivity contribution in [3.63, 3.8) is 0 Å². The fourth-order valence-corrected chi connectivity index (χ4v) is 2.81. The minimum absolute atomic E-state index is 0.243. The van der Waals surface area contributed by atoms with Crippen LogP contribution in [0.15, 0.2) is 18.2 Å². The predicted molar refractivity (Wildman–Crippen MR) is 69.7 cm³/mol. The molecule has 1 N–H and O–H groups in total. The molecule has 1 fully saturated rings. The Balaban J connectivity index is 1.96. The average molecular weight is 289 g/mol. The summed E-state index contributed by atoms with van der Waals surface area (Å²) in [5.74, 6) is -1.22. The van der Waals surface area contributed by atoms with Gasteiger partial charge in [0.05, 0.1) is 5.56 Å². The second-order valence-electron chi connectivity index (χ2n) is 5.93. The van der Waals surface area contributed by atoms with E-state index in [0.717, 1.165) is 31.5 Å². The van der Waals surface area contributed by atoms with E-state index in [4.69, 9.17) is 0 Å². The minimum Gasteiger partial charge on any atom is -0.312 e. The highest BCUT2D eigenvalue weighted by Gasteiger charge is 2.34. The van der Waals surface area contributed by atoms with Gasteiger partial charge in [-0.25, -0.2) is 4.39 Å². The molecular formula is C15H19F4N. The van der Waals surface area contributed by atoms with Gasteiger partial charge in [-0.1, -0.05) is 25.8 Å². The third-order valence-electron chi connectivity index (χ3n) is 4.03. The van der Waals surface area contributed by atoms with E-state index >= 15 is 0 Å². The van der Waals surface area contributed by atoms with Gasteiger partial charge in [0.1, 0.15) is 5.82 Å². The van der Waals surface area contributed by atoms with Crippen LogP contribution in [0.5, 0.6) is 0 Å². The van der Waals surface area contributed by atoms with Crippen molar-refractivity contribution in [2.45, 2.75) is 45.3 Å². The molecule has 5 heteroatoms. The molecule has 1 aromatic carbocycles. The van der Waals surface area contributed by atoms with Gasteiger partial charge in [-0.3, -0.25) is 0 Å². The van der Waals surface area contributed by atoms with Crippen LogP contribution >= 0.6 is 0 Å². The minimum atomic E-state index is -4.64. The lowest BCUT2D eigenvalue weighted by atomic mass is 9.89. The first-order chi connectivity index (χ1) is 9.30. The highest BCUT2D eigenvalue weighted by molar-refractivity contribution is 5.27. The first-order valence-electron chi connectivity index (χ1n) is 6.87. The zero-order valence-corrected chi connectivity index (χ0v) is 11.5. The molecule has 0 unspecified atom stereocenters. The normalized spacial score (nSPS) is 18.4. The maximum atomic E-state index is 13.2. The van der Waals surface area contributed by atoms with Crippen molar-refractivity contribution < 1.29 is 17.6 Å². The van der Waals surface area contributed by atoms with Crippen LogP contribution in [0.25, 0.3) is 0 Å². The van der Waals surface area contributed by atoms with E-state index in [2.05, 4.69) is 12.2 Å². The zero-order chi connectivity index (χ0) is 14.8. The van der Waals surface area contributed by atoms with Gasteiger partial charge in [0.25, 0.3) is 0 Å². The summed E-state index contributed by atoms with van der Waals surface area (Å²) >= 11 is 0. The van der Waals surface area contributed by atoms with E-state index in [1.165, 1.54) is 18.9 Å². The summed E-state index contributed by atoms with van der Waals surface area (Å²) in [5.41, 5.74) is -0.489. The van der Waals surface area contributed by atoms with Crippen molar-refractivity contribution in [1.82, 2.24) is 5.32 Å². The van der Waals surface area contributed by atoms with Crippen LogP contribution in [0.2, 0.25) is 0 Å². The average Bonchev–Trinajstić information content (AvgIpc) is 2.77. The molecule has 2 rings (SSSR count). The van der Waals surface area contributed by atoms with Gasteiger partial charge in [-0.15, -0.1) is 0 Å². The Morgan fingerprint density at radius 3 is 2.45 bits per heavy atom. The molecule has 0 aliphatic heterocycles. The van der Waals surface area contributed by atoms with Crippen molar-refractivity contribution in [2.75, 3.05) is 6.54 Å². The number of hydrogen-bond donors (Lipinski definition) is 1. The zero-order valence-electron chi connectivity index (χ0n) is 11.5. The smallest absolute Gasteiger partial charge is 0.312 e.